The first-order valence-electron chi connectivity index (χ1n) is 3.64. The molecule has 1 rings (SSSR count). The standard InChI is InChI=1S/C7H13NO2S.ClH/c1-7(2)5(6(9)10)8-3-4-11-7;/h5,8H,3-4H2,1-2H3,(H,9,10);1H/t5-;/m0./s1. The Hall–Kier alpha value is 0.0700. The van der Waals surface area contributed by atoms with Gasteiger partial charge in [-0.1, -0.05) is 0 Å². The van der Waals surface area contributed by atoms with Crippen LogP contribution in [0.4, 0.5) is 0 Å². The quantitative estimate of drug-likeness (QED) is 0.679. The topological polar surface area (TPSA) is 49.3 Å². The summed E-state index contributed by atoms with van der Waals surface area (Å²) >= 11 is 1.71. The van der Waals surface area contributed by atoms with E-state index in [1.165, 1.54) is 0 Å². The minimum Gasteiger partial charge on any atom is -0.480 e. The minimum absolute atomic E-state index is 0. The van der Waals surface area contributed by atoms with Gasteiger partial charge in [0, 0.05) is 17.0 Å². The van der Waals surface area contributed by atoms with Crippen LogP contribution in [-0.2, 0) is 4.79 Å². The van der Waals surface area contributed by atoms with Crippen LogP contribution in [0.5, 0.6) is 0 Å². The van der Waals surface area contributed by atoms with Gasteiger partial charge in [-0.3, -0.25) is 4.79 Å². The smallest absolute Gasteiger partial charge is 0.322 e. The van der Waals surface area contributed by atoms with Crippen molar-refractivity contribution in [2.24, 2.45) is 0 Å². The zero-order valence-electron chi connectivity index (χ0n) is 7.16. The molecule has 1 heterocycles. The third-order valence-corrected chi connectivity index (χ3v) is 3.25. The van der Waals surface area contributed by atoms with Gasteiger partial charge in [0.15, 0.2) is 0 Å². The van der Waals surface area contributed by atoms with Crippen LogP contribution in [0.15, 0.2) is 0 Å². The first-order valence-corrected chi connectivity index (χ1v) is 4.63. The number of carboxylic acid groups (broad SMARTS) is 1. The van der Waals surface area contributed by atoms with Gasteiger partial charge in [-0.15, -0.1) is 12.4 Å². The second kappa shape index (κ2) is 4.35. The highest BCUT2D eigenvalue weighted by atomic mass is 35.5. The molecular weight excluding hydrogens is 198 g/mol. The zero-order valence-corrected chi connectivity index (χ0v) is 8.80. The van der Waals surface area contributed by atoms with Gasteiger partial charge in [0.25, 0.3) is 0 Å². The molecule has 0 bridgehead atoms. The largest absolute Gasteiger partial charge is 0.480 e. The molecule has 0 aromatic carbocycles. The molecule has 1 atom stereocenters. The van der Waals surface area contributed by atoms with Gasteiger partial charge in [0.05, 0.1) is 0 Å². The third-order valence-electron chi connectivity index (χ3n) is 1.87. The number of carbonyl (C=O) groups is 1. The van der Waals surface area contributed by atoms with Gasteiger partial charge < -0.3 is 10.4 Å². The summed E-state index contributed by atoms with van der Waals surface area (Å²) in [4.78, 5) is 10.7. The molecule has 0 amide bonds. The summed E-state index contributed by atoms with van der Waals surface area (Å²) in [5.74, 6) is 0.249. The Morgan fingerprint density at radius 2 is 2.25 bits per heavy atom. The number of thioether (sulfide) groups is 1. The van der Waals surface area contributed by atoms with E-state index in [4.69, 9.17) is 5.11 Å². The van der Waals surface area contributed by atoms with Crippen molar-refractivity contribution < 1.29 is 9.90 Å². The van der Waals surface area contributed by atoms with Gasteiger partial charge in [-0.25, -0.2) is 0 Å². The number of nitrogens with one attached hydrogen (secondary N) is 1. The predicted octanol–water partition coefficient (Wildman–Crippen LogP) is 0.976. The highest BCUT2D eigenvalue weighted by molar-refractivity contribution is 8.00. The molecule has 0 spiro atoms. The Balaban J connectivity index is 0.00000121. The van der Waals surface area contributed by atoms with E-state index in [1.807, 2.05) is 13.8 Å². The van der Waals surface area contributed by atoms with Crippen LogP contribution in [0.1, 0.15) is 13.8 Å². The van der Waals surface area contributed by atoms with Gasteiger partial charge in [-0.2, -0.15) is 11.8 Å². The molecule has 1 aliphatic heterocycles. The van der Waals surface area contributed by atoms with Crippen LogP contribution < -0.4 is 5.32 Å². The molecule has 2 N–H and O–H groups in total. The average Bonchev–Trinajstić information content (AvgIpc) is 1.85. The lowest BCUT2D eigenvalue weighted by atomic mass is 10.0. The molecule has 1 aliphatic rings. The first kappa shape index (κ1) is 12.1. The Morgan fingerprint density at radius 3 is 2.58 bits per heavy atom. The fourth-order valence-electron chi connectivity index (χ4n) is 1.23. The van der Waals surface area contributed by atoms with E-state index < -0.39 is 12.0 Å². The summed E-state index contributed by atoms with van der Waals surface area (Å²) < 4.78 is -0.177. The molecule has 0 aromatic rings. The summed E-state index contributed by atoms with van der Waals surface area (Å²) in [6.07, 6.45) is 0. The second-order valence-corrected chi connectivity index (χ2v) is 4.93. The summed E-state index contributed by atoms with van der Waals surface area (Å²) in [5.41, 5.74) is 0. The van der Waals surface area contributed by atoms with Gasteiger partial charge in [0.1, 0.15) is 6.04 Å². The molecule has 72 valence electrons. The minimum atomic E-state index is -0.748. The van der Waals surface area contributed by atoms with Gasteiger partial charge in [-0.05, 0) is 13.8 Å². The number of aliphatic carboxylic acids is 1. The molecular formula is C7H14ClNO2S. The number of rotatable bonds is 1. The maximum absolute atomic E-state index is 10.7. The van der Waals surface area contributed by atoms with Crippen molar-refractivity contribution in [3.63, 3.8) is 0 Å². The van der Waals surface area contributed by atoms with Crippen molar-refractivity contribution in [1.82, 2.24) is 5.32 Å². The monoisotopic (exact) mass is 211 g/mol. The van der Waals surface area contributed by atoms with Crippen molar-refractivity contribution in [2.45, 2.75) is 24.6 Å². The van der Waals surface area contributed by atoms with Crippen LogP contribution in [-0.4, -0.2) is 34.2 Å². The lowest BCUT2D eigenvalue weighted by Gasteiger charge is -2.35. The summed E-state index contributed by atoms with van der Waals surface area (Å²) in [6, 6.07) is -0.402. The Kier molecular flexibility index (Phi) is 4.37. The van der Waals surface area contributed by atoms with Crippen LogP contribution in [0, 0.1) is 0 Å². The molecule has 0 saturated carbocycles. The van der Waals surface area contributed by atoms with E-state index in [-0.39, 0.29) is 17.2 Å². The first-order chi connectivity index (χ1) is 5.04. The molecule has 5 heteroatoms. The Labute approximate surface area is 82.7 Å². The SMILES string of the molecule is CC1(C)SCCN[C@H]1C(=O)O.Cl. The van der Waals surface area contributed by atoms with Gasteiger partial charge >= 0.3 is 5.97 Å². The maximum atomic E-state index is 10.7. The fraction of sp³-hybridized carbons (Fsp3) is 0.857. The van der Waals surface area contributed by atoms with E-state index in [0.29, 0.717) is 0 Å². The van der Waals surface area contributed by atoms with Crippen molar-refractivity contribution in [3.05, 3.63) is 0 Å². The average molecular weight is 212 g/mol. The molecule has 1 saturated heterocycles. The normalized spacial score (nSPS) is 27.3. The highest BCUT2D eigenvalue weighted by Crippen LogP contribution is 2.30. The van der Waals surface area contributed by atoms with Crippen molar-refractivity contribution in [2.75, 3.05) is 12.3 Å². The lowest BCUT2D eigenvalue weighted by molar-refractivity contribution is -0.140. The summed E-state index contributed by atoms with van der Waals surface area (Å²) in [6.45, 7) is 4.72. The zero-order chi connectivity index (χ0) is 8.48. The molecule has 0 unspecified atom stereocenters. The van der Waals surface area contributed by atoms with Crippen molar-refractivity contribution >= 4 is 30.1 Å². The van der Waals surface area contributed by atoms with E-state index in [0.717, 1.165) is 12.3 Å². The highest BCUT2D eigenvalue weighted by Gasteiger charge is 2.37. The number of halogens is 1. The van der Waals surface area contributed by atoms with Crippen LogP contribution >= 0.6 is 24.2 Å². The second-order valence-electron chi connectivity index (χ2n) is 3.18. The van der Waals surface area contributed by atoms with E-state index >= 15 is 0 Å². The molecule has 12 heavy (non-hydrogen) atoms. The molecule has 0 aromatic heterocycles. The Bertz CT molecular complexity index is 175. The number of hydrogen-bond acceptors (Lipinski definition) is 3. The molecule has 0 aliphatic carbocycles. The Morgan fingerprint density at radius 1 is 1.67 bits per heavy atom. The van der Waals surface area contributed by atoms with E-state index in [9.17, 15) is 4.79 Å². The number of hydrogen-bond donors (Lipinski definition) is 2. The van der Waals surface area contributed by atoms with Gasteiger partial charge in [0.2, 0.25) is 0 Å². The fourth-order valence-corrected chi connectivity index (χ4v) is 2.33. The van der Waals surface area contributed by atoms with Crippen LogP contribution in [0.25, 0.3) is 0 Å². The van der Waals surface area contributed by atoms with Crippen molar-refractivity contribution in [1.29, 1.82) is 0 Å². The van der Waals surface area contributed by atoms with E-state index in [1.54, 1.807) is 11.8 Å². The van der Waals surface area contributed by atoms with E-state index in [2.05, 4.69) is 5.32 Å². The summed E-state index contributed by atoms with van der Waals surface area (Å²) in [5, 5.41) is 11.8. The molecule has 1 fully saturated rings. The molecule has 3 nitrogen and oxygen atoms in total. The maximum Gasteiger partial charge on any atom is 0.322 e. The third kappa shape index (κ3) is 2.54. The van der Waals surface area contributed by atoms with Crippen molar-refractivity contribution in [3.8, 4) is 0 Å². The number of carboxylic acids is 1. The van der Waals surface area contributed by atoms with Crippen LogP contribution in [0.2, 0.25) is 0 Å². The van der Waals surface area contributed by atoms with Crippen LogP contribution in [0.3, 0.4) is 0 Å². The molecule has 0 radical (unpaired) electrons. The lowest BCUT2D eigenvalue weighted by Crippen LogP contribution is -2.54. The predicted molar refractivity (Wildman–Crippen MR) is 53.2 cm³/mol. The summed E-state index contributed by atoms with van der Waals surface area (Å²) in [7, 11) is 0.